The summed E-state index contributed by atoms with van der Waals surface area (Å²) >= 11 is 0. The number of hydrogen-bond acceptors (Lipinski definition) is 8. The van der Waals surface area contributed by atoms with E-state index in [2.05, 4.69) is 32.1 Å². The molecule has 2 aromatic heterocycles. The van der Waals surface area contributed by atoms with Gasteiger partial charge in [-0.05, 0) is 32.4 Å². The lowest BCUT2D eigenvalue weighted by Gasteiger charge is -2.23. The number of rotatable bonds is 3. The van der Waals surface area contributed by atoms with Crippen LogP contribution in [0.25, 0.3) is 11.2 Å². The molecule has 1 aromatic carbocycles. The Bertz CT molecular complexity index is 1380. The minimum atomic E-state index is -4.52. The summed E-state index contributed by atoms with van der Waals surface area (Å²) < 4.78 is 65.9. The third-order valence-corrected chi connectivity index (χ3v) is 6.51. The van der Waals surface area contributed by atoms with E-state index in [1.165, 1.54) is 24.5 Å². The second-order valence-electron chi connectivity index (χ2n) is 9.58. The number of hydrogen-bond donors (Lipinski definition) is 1. The molecule has 194 valence electrons. The van der Waals surface area contributed by atoms with Gasteiger partial charge in [-0.25, -0.2) is 15.0 Å². The Morgan fingerprint density at radius 3 is 2.70 bits per heavy atom. The Morgan fingerprint density at radius 1 is 1.11 bits per heavy atom. The summed E-state index contributed by atoms with van der Waals surface area (Å²) in [6, 6.07) is 5.31. The molecule has 0 spiro atoms. The number of alkyl halides is 3. The normalized spacial score (nSPS) is 28.7. The number of benzene rings is 1. The lowest BCUT2D eigenvalue weighted by Crippen LogP contribution is -2.28. The van der Waals surface area contributed by atoms with Crippen LogP contribution >= 0.6 is 0 Å². The van der Waals surface area contributed by atoms with Crippen LogP contribution in [-0.4, -0.2) is 62.9 Å². The second-order valence-corrected chi connectivity index (χ2v) is 9.58. The van der Waals surface area contributed by atoms with Gasteiger partial charge in [-0.2, -0.15) is 13.2 Å². The number of nitrogens with one attached hydrogen (secondary N) is 1. The van der Waals surface area contributed by atoms with Crippen molar-refractivity contribution in [2.75, 3.05) is 18.5 Å². The molecule has 3 fully saturated rings. The first-order valence-corrected chi connectivity index (χ1v) is 11.9. The standard InChI is InChI=1S/C25H24F3N5O4/c1-24(2)36-19-17(8-7-14-5-3-4-6-16(14)25(26,27)28)35-23(20(19)37-24)33-13-31-18-21(29-12-30-22(18)33)32-15-9-10-34-11-15/h3-6,12-13,15,17,19-20,23H,9-11H2,1-2H3,(H,29,30,32)/t15?,17-,19?,20-,23-/m1/s1. The van der Waals surface area contributed by atoms with E-state index >= 15 is 0 Å². The van der Waals surface area contributed by atoms with Gasteiger partial charge in [0.1, 0.15) is 24.6 Å². The van der Waals surface area contributed by atoms with Crippen LogP contribution in [0.3, 0.4) is 0 Å². The van der Waals surface area contributed by atoms with Gasteiger partial charge < -0.3 is 24.3 Å². The Morgan fingerprint density at radius 2 is 1.92 bits per heavy atom. The van der Waals surface area contributed by atoms with E-state index < -0.39 is 42.1 Å². The topological polar surface area (TPSA) is 92.6 Å². The molecule has 0 radical (unpaired) electrons. The summed E-state index contributed by atoms with van der Waals surface area (Å²) in [6.45, 7) is 4.81. The lowest BCUT2D eigenvalue weighted by molar-refractivity contribution is -0.190. The van der Waals surface area contributed by atoms with Crippen LogP contribution in [0.15, 0.2) is 36.9 Å². The van der Waals surface area contributed by atoms with Gasteiger partial charge in [0, 0.05) is 12.2 Å². The van der Waals surface area contributed by atoms with Crippen molar-refractivity contribution in [3.63, 3.8) is 0 Å². The van der Waals surface area contributed by atoms with Crippen molar-refractivity contribution in [3.8, 4) is 11.8 Å². The maximum atomic E-state index is 13.4. The molecule has 37 heavy (non-hydrogen) atoms. The SMILES string of the molecule is CC1(C)OC2[C@@H](O1)[C@H](n1cnc3c(NC4CCOC4)ncnc31)O[C@@H]2C#Cc1ccccc1C(F)(F)F. The van der Waals surface area contributed by atoms with Gasteiger partial charge >= 0.3 is 6.18 Å². The number of halogens is 3. The van der Waals surface area contributed by atoms with Crippen LogP contribution in [-0.2, 0) is 25.1 Å². The smallest absolute Gasteiger partial charge is 0.379 e. The third kappa shape index (κ3) is 4.53. The molecule has 1 N–H and O–H groups in total. The summed E-state index contributed by atoms with van der Waals surface area (Å²) in [4.78, 5) is 13.3. The molecule has 0 bridgehead atoms. The zero-order chi connectivity index (χ0) is 25.8. The zero-order valence-corrected chi connectivity index (χ0v) is 20.0. The molecule has 0 amide bonds. The second kappa shape index (κ2) is 8.95. The van der Waals surface area contributed by atoms with Crippen LogP contribution in [0.5, 0.6) is 0 Å². The fourth-order valence-corrected chi connectivity index (χ4v) is 4.89. The van der Waals surface area contributed by atoms with Gasteiger partial charge in [-0.1, -0.05) is 24.0 Å². The number of nitrogens with zero attached hydrogens (tertiary/aromatic N) is 4. The van der Waals surface area contributed by atoms with Crippen LogP contribution in [0.4, 0.5) is 19.0 Å². The van der Waals surface area contributed by atoms with Crippen molar-refractivity contribution in [3.05, 3.63) is 48.0 Å². The first kappa shape index (κ1) is 24.1. The van der Waals surface area contributed by atoms with Crippen LogP contribution in [0, 0.1) is 11.8 Å². The van der Waals surface area contributed by atoms with Gasteiger partial charge in [0.2, 0.25) is 0 Å². The monoisotopic (exact) mass is 515 g/mol. The van der Waals surface area contributed by atoms with Crippen molar-refractivity contribution in [1.82, 2.24) is 19.5 Å². The third-order valence-electron chi connectivity index (χ3n) is 6.51. The molecule has 3 aliphatic rings. The number of aromatic nitrogens is 4. The van der Waals surface area contributed by atoms with Crippen molar-refractivity contribution < 1.29 is 32.1 Å². The molecule has 3 aromatic rings. The van der Waals surface area contributed by atoms with E-state index in [9.17, 15) is 13.2 Å². The number of ether oxygens (including phenoxy) is 4. The molecule has 2 unspecified atom stereocenters. The van der Waals surface area contributed by atoms with E-state index in [1.807, 2.05) is 0 Å². The summed E-state index contributed by atoms with van der Waals surface area (Å²) in [5, 5.41) is 3.35. The fourth-order valence-electron chi connectivity index (χ4n) is 4.89. The maximum absolute atomic E-state index is 13.4. The van der Waals surface area contributed by atoms with E-state index in [1.54, 1.807) is 24.7 Å². The van der Waals surface area contributed by atoms with Gasteiger partial charge in [0.05, 0.1) is 24.5 Å². The Balaban J connectivity index is 1.33. The van der Waals surface area contributed by atoms with E-state index in [0.29, 0.717) is 30.2 Å². The highest BCUT2D eigenvalue weighted by Crippen LogP contribution is 2.44. The van der Waals surface area contributed by atoms with E-state index in [0.717, 1.165) is 12.5 Å². The van der Waals surface area contributed by atoms with Gasteiger partial charge in [0.15, 0.2) is 29.0 Å². The van der Waals surface area contributed by atoms with Crippen LogP contribution < -0.4 is 5.32 Å². The van der Waals surface area contributed by atoms with Crippen molar-refractivity contribution in [2.45, 2.75) is 62.8 Å². The maximum Gasteiger partial charge on any atom is 0.417 e. The Hall–Kier alpha value is -3.24. The molecule has 0 saturated carbocycles. The van der Waals surface area contributed by atoms with Gasteiger partial charge in [-0.3, -0.25) is 4.57 Å². The average molecular weight is 515 g/mol. The molecule has 5 atom stereocenters. The zero-order valence-electron chi connectivity index (χ0n) is 20.0. The highest BCUT2D eigenvalue weighted by molar-refractivity contribution is 5.82. The predicted octanol–water partition coefficient (Wildman–Crippen LogP) is 3.52. The highest BCUT2D eigenvalue weighted by atomic mass is 19.4. The molecule has 6 rings (SSSR count). The molecule has 3 aliphatic heterocycles. The van der Waals surface area contributed by atoms with Crippen molar-refractivity contribution >= 4 is 17.0 Å². The van der Waals surface area contributed by atoms with Crippen LogP contribution in [0.1, 0.15) is 37.6 Å². The summed E-state index contributed by atoms with van der Waals surface area (Å²) in [5.41, 5.74) is 0.137. The van der Waals surface area contributed by atoms with Crippen LogP contribution in [0.2, 0.25) is 0 Å². The molecule has 9 nitrogen and oxygen atoms in total. The molecule has 0 aliphatic carbocycles. The van der Waals surface area contributed by atoms with Crippen molar-refractivity contribution in [2.24, 2.45) is 0 Å². The Kier molecular flexibility index (Phi) is 5.83. The predicted molar refractivity (Wildman–Crippen MR) is 124 cm³/mol. The first-order valence-electron chi connectivity index (χ1n) is 11.9. The summed E-state index contributed by atoms with van der Waals surface area (Å²) in [6.07, 6.45) is -3.41. The lowest BCUT2D eigenvalue weighted by atomic mass is 10.1. The molecular weight excluding hydrogens is 491 g/mol. The minimum absolute atomic E-state index is 0.127. The number of imidazole rings is 1. The average Bonchev–Trinajstić information content (AvgIpc) is 3.62. The Labute approximate surface area is 210 Å². The minimum Gasteiger partial charge on any atom is -0.379 e. The largest absolute Gasteiger partial charge is 0.417 e. The number of anilines is 1. The van der Waals surface area contributed by atoms with E-state index in [-0.39, 0.29) is 11.6 Å². The molecule has 3 saturated heterocycles. The highest BCUT2D eigenvalue weighted by Gasteiger charge is 2.56. The quantitative estimate of drug-likeness (QED) is 0.530. The van der Waals surface area contributed by atoms with Gasteiger partial charge in [-0.15, -0.1) is 0 Å². The number of fused-ring (bicyclic) bond motifs is 2. The fraction of sp³-hybridized carbons (Fsp3) is 0.480. The van der Waals surface area contributed by atoms with Gasteiger partial charge in [0.25, 0.3) is 0 Å². The van der Waals surface area contributed by atoms with Crippen molar-refractivity contribution in [1.29, 1.82) is 0 Å². The summed E-state index contributed by atoms with van der Waals surface area (Å²) in [7, 11) is 0. The van der Waals surface area contributed by atoms with E-state index in [4.69, 9.17) is 18.9 Å². The molecular formula is C25H24F3N5O4. The summed E-state index contributed by atoms with van der Waals surface area (Å²) in [5.74, 6) is 5.15. The molecule has 12 heteroatoms. The molecule has 5 heterocycles. The first-order chi connectivity index (χ1) is 17.7.